The zero-order valence-electron chi connectivity index (χ0n) is 11.4. The lowest BCUT2D eigenvalue weighted by Crippen LogP contribution is -2.39. The molecule has 0 spiro atoms. The van der Waals surface area contributed by atoms with Crippen molar-refractivity contribution in [3.05, 3.63) is 21.6 Å². The van der Waals surface area contributed by atoms with Gasteiger partial charge >= 0.3 is 0 Å². The van der Waals surface area contributed by atoms with Crippen LogP contribution in [-0.2, 0) is 22.0 Å². The Morgan fingerprint density at radius 3 is 2.06 bits per heavy atom. The summed E-state index contributed by atoms with van der Waals surface area (Å²) in [6, 6.07) is 0. The highest BCUT2D eigenvalue weighted by Crippen LogP contribution is 2.17. The summed E-state index contributed by atoms with van der Waals surface area (Å²) >= 11 is 0. The van der Waals surface area contributed by atoms with Crippen molar-refractivity contribution >= 4 is 10.0 Å². The normalized spacial score (nSPS) is 13.0. The number of aliphatic hydroxyl groups is 1. The topological polar surface area (TPSA) is 81.3 Å². The van der Waals surface area contributed by atoms with Gasteiger partial charge in [-0.1, -0.05) is 0 Å². The van der Waals surface area contributed by atoms with Crippen LogP contribution >= 0.6 is 0 Å². The van der Waals surface area contributed by atoms with Crippen LogP contribution in [0.3, 0.4) is 0 Å². The molecule has 0 aromatic carbocycles. The molecule has 0 saturated heterocycles. The number of hydrogen-bond acceptors (Lipinski definition) is 4. The minimum Gasteiger partial charge on any atom is -0.396 e. The molecule has 6 nitrogen and oxygen atoms in total. The van der Waals surface area contributed by atoms with Crippen LogP contribution < -0.4 is 5.56 Å². The van der Waals surface area contributed by atoms with Gasteiger partial charge in [0.15, 0.2) is 0 Å². The van der Waals surface area contributed by atoms with E-state index < -0.39 is 15.6 Å². The highest BCUT2D eigenvalue weighted by atomic mass is 32.2. The Morgan fingerprint density at radius 2 is 1.78 bits per heavy atom. The molecule has 1 aromatic heterocycles. The van der Waals surface area contributed by atoms with E-state index in [0.29, 0.717) is 11.3 Å². The fraction of sp³-hybridized carbons (Fsp3) is 0.727. The lowest BCUT2D eigenvalue weighted by atomic mass is 10.1. The van der Waals surface area contributed by atoms with Crippen molar-refractivity contribution in [2.75, 3.05) is 12.9 Å². The third-order valence-corrected chi connectivity index (χ3v) is 3.73. The van der Waals surface area contributed by atoms with Crippen LogP contribution in [0, 0.1) is 6.92 Å². The van der Waals surface area contributed by atoms with Gasteiger partial charge in [-0.15, -0.1) is 0 Å². The summed E-state index contributed by atoms with van der Waals surface area (Å²) in [6.45, 7) is 6.68. The highest BCUT2D eigenvalue weighted by Gasteiger charge is 2.28. The SMILES string of the molecule is Cc1c(CCO)c(=O)n(C(C)(C)C)n1S(C)(=O)=O. The molecule has 104 valence electrons. The van der Waals surface area contributed by atoms with Crippen LogP contribution in [0.1, 0.15) is 32.0 Å². The van der Waals surface area contributed by atoms with E-state index in [4.69, 9.17) is 5.11 Å². The van der Waals surface area contributed by atoms with Crippen molar-refractivity contribution in [3.63, 3.8) is 0 Å². The number of hydrogen-bond donors (Lipinski definition) is 1. The Balaban J connectivity index is 3.80. The van der Waals surface area contributed by atoms with Crippen LogP contribution in [0.25, 0.3) is 0 Å². The zero-order valence-corrected chi connectivity index (χ0v) is 12.2. The predicted molar refractivity (Wildman–Crippen MR) is 69.5 cm³/mol. The Morgan fingerprint density at radius 1 is 1.28 bits per heavy atom. The average molecular weight is 276 g/mol. The highest BCUT2D eigenvalue weighted by molar-refractivity contribution is 7.89. The zero-order chi connectivity index (χ0) is 14.3. The van der Waals surface area contributed by atoms with Crippen LogP contribution in [0.4, 0.5) is 0 Å². The first kappa shape index (κ1) is 15.0. The summed E-state index contributed by atoms with van der Waals surface area (Å²) < 4.78 is 25.9. The van der Waals surface area contributed by atoms with E-state index in [9.17, 15) is 13.2 Å². The quantitative estimate of drug-likeness (QED) is 0.846. The molecule has 1 heterocycles. The molecule has 7 heteroatoms. The second-order valence-electron chi connectivity index (χ2n) is 5.33. The maximum Gasteiger partial charge on any atom is 0.271 e. The number of aliphatic hydroxyl groups excluding tert-OH is 1. The largest absolute Gasteiger partial charge is 0.396 e. The van der Waals surface area contributed by atoms with Crippen LogP contribution in [0.15, 0.2) is 4.79 Å². The first-order valence-corrected chi connectivity index (χ1v) is 7.52. The van der Waals surface area contributed by atoms with Gasteiger partial charge in [-0.2, -0.15) is 4.09 Å². The predicted octanol–water partition coefficient (Wildman–Crippen LogP) is 0.0557. The molecule has 1 aromatic rings. The molecule has 18 heavy (non-hydrogen) atoms. The van der Waals surface area contributed by atoms with E-state index in [1.807, 2.05) is 0 Å². The molecular formula is C11H20N2O4S. The number of aromatic nitrogens is 2. The molecule has 1 N–H and O–H groups in total. The molecule has 0 unspecified atom stereocenters. The molecule has 0 bridgehead atoms. The van der Waals surface area contributed by atoms with Crippen LogP contribution in [0.2, 0.25) is 0 Å². The van der Waals surface area contributed by atoms with Gasteiger partial charge in [-0.05, 0) is 27.7 Å². The van der Waals surface area contributed by atoms with Gasteiger partial charge in [0.2, 0.25) is 10.0 Å². The van der Waals surface area contributed by atoms with Crippen LogP contribution in [0.5, 0.6) is 0 Å². The Kier molecular flexibility index (Phi) is 3.78. The molecule has 0 atom stereocenters. The summed E-state index contributed by atoms with van der Waals surface area (Å²) in [4.78, 5) is 12.3. The third-order valence-electron chi connectivity index (χ3n) is 2.67. The summed E-state index contributed by atoms with van der Waals surface area (Å²) in [5.74, 6) is 0. The van der Waals surface area contributed by atoms with Crippen molar-refractivity contribution in [3.8, 4) is 0 Å². The summed E-state index contributed by atoms with van der Waals surface area (Å²) in [5.41, 5.74) is -0.303. The molecule has 1 rings (SSSR count). The lowest BCUT2D eigenvalue weighted by molar-refractivity contribution is 0.298. The smallest absolute Gasteiger partial charge is 0.271 e. The number of rotatable bonds is 3. The van der Waals surface area contributed by atoms with E-state index in [1.165, 1.54) is 4.68 Å². The van der Waals surface area contributed by atoms with Gasteiger partial charge in [0, 0.05) is 18.6 Å². The van der Waals surface area contributed by atoms with Gasteiger partial charge in [-0.25, -0.2) is 13.1 Å². The van der Waals surface area contributed by atoms with Gasteiger partial charge < -0.3 is 5.11 Å². The Labute approximate surface area is 107 Å². The van der Waals surface area contributed by atoms with Crippen molar-refractivity contribution in [1.82, 2.24) is 8.77 Å². The van der Waals surface area contributed by atoms with E-state index in [2.05, 4.69) is 0 Å². The van der Waals surface area contributed by atoms with Crippen molar-refractivity contribution in [2.24, 2.45) is 0 Å². The molecule has 0 aliphatic heterocycles. The van der Waals surface area contributed by atoms with E-state index in [-0.39, 0.29) is 18.6 Å². The summed E-state index contributed by atoms with van der Waals surface area (Å²) in [6.07, 6.45) is 1.22. The van der Waals surface area contributed by atoms with Gasteiger partial charge in [0.25, 0.3) is 5.56 Å². The van der Waals surface area contributed by atoms with E-state index >= 15 is 0 Å². The lowest BCUT2D eigenvalue weighted by Gasteiger charge is -2.24. The van der Waals surface area contributed by atoms with E-state index in [0.717, 1.165) is 10.3 Å². The molecular weight excluding hydrogens is 256 g/mol. The van der Waals surface area contributed by atoms with Gasteiger partial charge in [0.1, 0.15) is 0 Å². The number of nitrogens with zero attached hydrogens (tertiary/aromatic N) is 2. The first-order valence-electron chi connectivity index (χ1n) is 5.67. The fourth-order valence-electron chi connectivity index (χ4n) is 2.00. The average Bonchev–Trinajstić information content (AvgIpc) is 2.40. The first-order chi connectivity index (χ1) is 8.01. The molecule has 0 amide bonds. The summed E-state index contributed by atoms with van der Waals surface area (Å²) in [5, 5.41) is 8.97. The second kappa shape index (κ2) is 4.55. The molecule has 0 aliphatic carbocycles. The molecule has 0 aliphatic rings. The molecule has 0 radical (unpaired) electrons. The van der Waals surface area contributed by atoms with Crippen molar-refractivity contribution < 1.29 is 13.5 Å². The van der Waals surface area contributed by atoms with Crippen molar-refractivity contribution in [1.29, 1.82) is 0 Å². The van der Waals surface area contributed by atoms with Gasteiger partial charge in [0.05, 0.1) is 17.5 Å². The second-order valence-corrected chi connectivity index (χ2v) is 7.14. The minimum absolute atomic E-state index is 0.156. The minimum atomic E-state index is -3.57. The fourth-order valence-corrected chi connectivity index (χ4v) is 3.23. The molecule has 0 fully saturated rings. The van der Waals surface area contributed by atoms with Crippen molar-refractivity contribution in [2.45, 2.75) is 39.7 Å². The van der Waals surface area contributed by atoms with Gasteiger partial charge in [-0.3, -0.25) is 4.79 Å². The van der Waals surface area contributed by atoms with Crippen LogP contribution in [-0.4, -0.2) is 35.2 Å². The maximum atomic E-state index is 12.3. The third kappa shape index (κ3) is 2.51. The monoisotopic (exact) mass is 276 g/mol. The maximum absolute atomic E-state index is 12.3. The molecule has 0 saturated carbocycles. The standard InChI is InChI=1S/C11H20N2O4S/c1-8-9(6-7-14)10(15)12(11(2,3)4)13(8)18(5,16)17/h14H,6-7H2,1-5H3. The van der Waals surface area contributed by atoms with E-state index in [1.54, 1.807) is 27.7 Å². The Bertz CT molecular complexity index is 602. The summed E-state index contributed by atoms with van der Waals surface area (Å²) in [7, 11) is -3.57. The Hall–Kier alpha value is -1.08.